The van der Waals surface area contributed by atoms with Crippen LogP contribution in [0.3, 0.4) is 0 Å². The molecule has 0 aliphatic heterocycles. The normalized spacial score (nSPS) is 10.8. The molecular formula is C17H21ClIN3O. The van der Waals surface area contributed by atoms with Crippen LogP contribution in [0, 0.1) is 6.92 Å². The Balaban J connectivity index is 0.00000264. The average molecular weight is 446 g/mol. The third-order valence-electron chi connectivity index (χ3n) is 3.07. The fourth-order valence-corrected chi connectivity index (χ4v) is 2.11. The standard InChI is InChI=1S/C17H20ClN3O.HI/c1-3-22-16-10-14(18)7-6-13(16)11-20-17(19)21-15-8-4-12(2)5-9-15;/h4-10H,3,11H2,1-2H3,(H3,19,20,21);1H. The summed E-state index contributed by atoms with van der Waals surface area (Å²) in [6.07, 6.45) is 0. The van der Waals surface area contributed by atoms with Gasteiger partial charge in [-0.15, -0.1) is 24.0 Å². The number of aryl methyl sites for hydroxylation is 1. The first-order valence-corrected chi connectivity index (χ1v) is 7.51. The fraction of sp³-hybridized carbons (Fsp3) is 0.235. The van der Waals surface area contributed by atoms with Crippen molar-refractivity contribution in [3.05, 3.63) is 58.6 Å². The molecule has 0 fully saturated rings. The van der Waals surface area contributed by atoms with Crippen molar-refractivity contribution < 1.29 is 4.74 Å². The Kier molecular flexibility index (Phi) is 8.19. The first-order chi connectivity index (χ1) is 10.6. The van der Waals surface area contributed by atoms with E-state index in [-0.39, 0.29) is 24.0 Å². The predicted octanol–water partition coefficient (Wildman–Crippen LogP) is 4.59. The van der Waals surface area contributed by atoms with E-state index in [4.69, 9.17) is 22.1 Å². The van der Waals surface area contributed by atoms with Crippen LogP contribution < -0.4 is 15.8 Å². The van der Waals surface area contributed by atoms with Crippen LogP contribution in [0.25, 0.3) is 0 Å². The zero-order valence-corrected chi connectivity index (χ0v) is 16.3. The molecule has 2 rings (SSSR count). The number of hydrogen-bond donors (Lipinski definition) is 2. The van der Waals surface area contributed by atoms with Gasteiger partial charge in [-0.25, -0.2) is 4.99 Å². The Labute approximate surface area is 159 Å². The summed E-state index contributed by atoms with van der Waals surface area (Å²) in [6, 6.07) is 13.5. The van der Waals surface area contributed by atoms with E-state index in [0.29, 0.717) is 24.1 Å². The van der Waals surface area contributed by atoms with Gasteiger partial charge in [-0.3, -0.25) is 0 Å². The largest absolute Gasteiger partial charge is 0.493 e. The van der Waals surface area contributed by atoms with Gasteiger partial charge in [-0.05, 0) is 38.1 Å². The summed E-state index contributed by atoms with van der Waals surface area (Å²) < 4.78 is 5.57. The summed E-state index contributed by atoms with van der Waals surface area (Å²) in [6.45, 7) is 4.98. The van der Waals surface area contributed by atoms with Crippen LogP contribution in [0.15, 0.2) is 47.5 Å². The minimum absolute atomic E-state index is 0. The number of ether oxygens (including phenoxy) is 1. The van der Waals surface area contributed by atoms with Crippen molar-refractivity contribution in [2.75, 3.05) is 11.9 Å². The molecule has 0 bridgehead atoms. The second-order valence-corrected chi connectivity index (χ2v) is 5.31. The molecule has 0 heterocycles. The molecule has 2 aromatic carbocycles. The van der Waals surface area contributed by atoms with E-state index < -0.39 is 0 Å². The van der Waals surface area contributed by atoms with Crippen LogP contribution in [0.1, 0.15) is 18.1 Å². The zero-order valence-electron chi connectivity index (χ0n) is 13.2. The highest BCUT2D eigenvalue weighted by atomic mass is 127. The van der Waals surface area contributed by atoms with Crippen molar-refractivity contribution in [2.45, 2.75) is 20.4 Å². The minimum Gasteiger partial charge on any atom is -0.493 e. The molecule has 0 aliphatic rings. The van der Waals surface area contributed by atoms with Gasteiger partial charge in [-0.2, -0.15) is 0 Å². The number of benzene rings is 2. The van der Waals surface area contributed by atoms with Crippen LogP contribution >= 0.6 is 35.6 Å². The zero-order chi connectivity index (χ0) is 15.9. The summed E-state index contributed by atoms with van der Waals surface area (Å²) in [4.78, 5) is 4.34. The second-order valence-electron chi connectivity index (χ2n) is 4.88. The molecule has 6 heteroatoms. The van der Waals surface area contributed by atoms with Crippen molar-refractivity contribution >= 4 is 47.2 Å². The Bertz CT molecular complexity index is 659. The molecule has 3 N–H and O–H groups in total. The van der Waals surface area contributed by atoms with Crippen LogP contribution in [0.4, 0.5) is 5.69 Å². The molecule has 0 saturated carbocycles. The van der Waals surface area contributed by atoms with E-state index in [1.54, 1.807) is 6.07 Å². The molecule has 0 unspecified atom stereocenters. The topological polar surface area (TPSA) is 59.6 Å². The number of nitrogens with one attached hydrogen (secondary N) is 1. The Morgan fingerprint density at radius 1 is 1.22 bits per heavy atom. The SMILES string of the molecule is CCOc1cc(Cl)ccc1CN=C(N)Nc1ccc(C)cc1.I. The molecule has 4 nitrogen and oxygen atoms in total. The summed E-state index contributed by atoms with van der Waals surface area (Å²) in [5.74, 6) is 1.10. The lowest BCUT2D eigenvalue weighted by atomic mass is 10.2. The number of rotatable bonds is 5. The van der Waals surface area contributed by atoms with E-state index in [9.17, 15) is 0 Å². The third-order valence-corrected chi connectivity index (χ3v) is 3.31. The second kappa shape index (κ2) is 9.62. The van der Waals surface area contributed by atoms with Gasteiger partial charge >= 0.3 is 0 Å². The molecule has 0 atom stereocenters. The molecule has 2 aromatic rings. The third kappa shape index (κ3) is 6.27. The molecule has 0 radical (unpaired) electrons. The van der Waals surface area contributed by atoms with Crippen LogP contribution in [0.5, 0.6) is 5.75 Å². The van der Waals surface area contributed by atoms with E-state index in [2.05, 4.69) is 10.3 Å². The number of nitrogens with zero attached hydrogens (tertiary/aromatic N) is 1. The van der Waals surface area contributed by atoms with Crippen molar-refractivity contribution in [1.82, 2.24) is 0 Å². The van der Waals surface area contributed by atoms with Crippen molar-refractivity contribution in [3.8, 4) is 5.75 Å². The van der Waals surface area contributed by atoms with Crippen molar-refractivity contribution in [2.24, 2.45) is 10.7 Å². The highest BCUT2D eigenvalue weighted by Crippen LogP contribution is 2.24. The predicted molar refractivity (Wildman–Crippen MR) is 108 cm³/mol. The Morgan fingerprint density at radius 3 is 2.57 bits per heavy atom. The highest BCUT2D eigenvalue weighted by molar-refractivity contribution is 14.0. The van der Waals surface area contributed by atoms with Crippen LogP contribution in [0.2, 0.25) is 5.02 Å². The minimum atomic E-state index is 0. The monoisotopic (exact) mass is 445 g/mol. The Hall–Kier alpha value is -1.47. The molecule has 124 valence electrons. The molecule has 0 aromatic heterocycles. The van der Waals surface area contributed by atoms with Crippen molar-refractivity contribution in [3.63, 3.8) is 0 Å². The van der Waals surface area contributed by atoms with Gasteiger partial charge in [0.2, 0.25) is 0 Å². The number of nitrogens with two attached hydrogens (primary N) is 1. The average Bonchev–Trinajstić information content (AvgIpc) is 2.49. The summed E-state index contributed by atoms with van der Waals surface area (Å²) in [5, 5.41) is 3.70. The maximum Gasteiger partial charge on any atom is 0.193 e. The van der Waals surface area contributed by atoms with E-state index >= 15 is 0 Å². The van der Waals surface area contributed by atoms with Gasteiger partial charge in [-0.1, -0.05) is 35.4 Å². The van der Waals surface area contributed by atoms with Gasteiger partial charge in [0.25, 0.3) is 0 Å². The van der Waals surface area contributed by atoms with Gasteiger partial charge in [0.1, 0.15) is 5.75 Å². The summed E-state index contributed by atoms with van der Waals surface area (Å²) in [5.41, 5.74) is 8.97. The summed E-state index contributed by atoms with van der Waals surface area (Å²) in [7, 11) is 0. The maximum absolute atomic E-state index is 5.98. The molecule has 0 spiro atoms. The quantitative estimate of drug-likeness (QED) is 0.402. The van der Waals surface area contributed by atoms with Crippen LogP contribution in [-0.4, -0.2) is 12.6 Å². The van der Waals surface area contributed by atoms with E-state index in [0.717, 1.165) is 17.0 Å². The first-order valence-electron chi connectivity index (χ1n) is 7.13. The lowest BCUT2D eigenvalue weighted by Crippen LogP contribution is -2.22. The number of anilines is 1. The van der Waals surface area contributed by atoms with Crippen LogP contribution in [-0.2, 0) is 6.54 Å². The number of hydrogen-bond acceptors (Lipinski definition) is 2. The van der Waals surface area contributed by atoms with E-state index in [1.807, 2.05) is 50.2 Å². The van der Waals surface area contributed by atoms with Gasteiger partial charge in [0.15, 0.2) is 5.96 Å². The van der Waals surface area contributed by atoms with Crippen molar-refractivity contribution in [1.29, 1.82) is 0 Å². The fourth-order valence-electron chi connectivity index (χ4n) is 1.94. The molecule has 23 heavy (non-hydrogen) atoms. The first kappa shape index (κ1) is 19.6. The van der Waals surface area contributed by atoms with Gasteiger partial charge in [0, 0.05) is 16.3 Å². The molecule has 0 aliphatic carbocycles. The number of halogens is 2. The van der Waals surface area contributed by atoms with Gasteiger partial charge in [0.05, 0.1) is 13.2 Å². The Morgan fingerprint density at radius 2 is 1.91 bits per heavy atom. The van der Waals surface area contributed by atoms with E-state index in [1.165, 1.54) is 5.56 Å². The molecule has 0 amide bonds. The molecule has 0 saturated heterocycles. The molecular weight excluding hydrogens is 425 g/mol. The lowest BCUT2D eigenvalue weighted by molar-refractivity contribution is 0.336. The smallest absolute Gasteiger partial charge is 0.193 e. The lowest BCUT2D eigenvalue weighted by Gasteiger charge is -2.10. The number of aliphatic imine (C=N–C) groups is 1. The highest BCUT2D eigenvalue weighted by Gasteiger charge is 2.04. The summed E-state index contributed by atoms with van der Waals surface area (Å²) >= 11 is 5.98. The van der Waals surface area contributed by atoms with Gasteiger partial charge < -0.3 is 15.8 Å². The number of guanidine groups is 1. The maximum atomic E-state index is 5.98.